The predicted octanol–water partition coefficient (Wildman–Crippen LogP) is 2.37. The summed E-state index contributed by atoms with van der Waals surface area (Å²) in [6.45, 7) is 14.6. The van der Waals surface area contributed by atoms with Crippen LogP contribution in [0.4, 0.5) is 0 Å². The molecule has 0 amide bonds. The Labute approximate surface area is 113 Å². The van der Waals surface area contributed by atoms with Crippen LogP contribution in [0, 0.1) is 11.8 Å². The largest absolute Gasteiger partial charge is 0.383 e. The fourth-order valence-electron chi connectivity index (χ4n) is 2.98. The monoisotopic (exact) mass is 256 g/mol. The van der Waals surface area contributed by atoms with Crippen molar-refractivity contribution in [2.24, 2.45) is 11.8 Å². The van der Waals surface area contributed by atoms with Crippen molar-refractivity contribution >= 4 is 0 Å². The van der Waals surface area contributed by atoms with Crippen molar-refractivity contribution in [2.45, 2.75) is 59.2 Å². The summed E-state index contributed by atoms with van der Waals surface area (Å²) in [6, 6.07) is 1.79. The van der Waals surface area contributed by atoms with Gasteiger partial charge in [0.15, 0.2) is 0 Å². The lowest BCUT2D eigenvalue weighted by Gasteiger charge is -2.45. The van der Waals surface area contributed by atoms with E-state index in [9.17, 15) is 0 Å². The van der Waals surface area contributed by atoms with Gasteiger partial charge in [-0.2, -0.15) is 0 Å². The minimum Gasteiger partial charge on any atom is -0.383 e. The second kappa shape index (κ2) is 7.46. The summed E-state index contributed by atoms with van der Waals surface area (Å²) >= 11 is 0. The molecule has 0 aromatic heterocycles. The Kier molecular flexibility index (Phi) is 6.61. The van der Waals surface area contributed by atoms with E-state index in [4.69, 9.17) is 4.74 Å². The highest BCUT2D eigenvalue weighted by atomic mass is 16.5. The molecular formula is C15H32N2O. The van der Waals surface area contributed by atoms with E-state index in [2.05, 4.69) is 44.8 Å². The highest BCUT2D eigenvalue weighted by Crippen LogP contribution is 2.20. The minimum atomic E-state index is 0.543. The van der Waals surface area contributed by atoms with Gasteiger partial charge in [0.05, 0.1) is 6.61 Å². The quantitative estimate of drug-likeness (QED) is 0.789. The van der Waals surface area contributed by atoms with Gasteiger partial charge in [0.1, 0.15) is 0 Å². The SMILES string of the molecule is COCC(C(C)C)N1CC(CC(C)C)NCC1C. The van der Waals surface area contributed by atoms with Gasteiger partial charge >= 0.3 is 0 Å². The molecule has 0 spiro atoms. The van der Waals surface area contributed by atoms with Crippen LogP contribution >= 0.6 is 0 Å². The molecule has 3 atom stereocenters. The first-order chi connectivity index (χ1) is 8.45. The lowest BCUT2D eigenvalue weighted by atomic mass is 9.95. The highest BCUT2D eigenvalue weighted by molar-refractivity contribution is 4.89. The molecule has 0 bridgehead atoms. The third kappa shape index (κ3) is 4.52. The number of hydrogen-bond donors (Lipinski definition) is 1. The lowest BCUT2D eigenvalue weighted by molar-refractivity contribution is 0.0153. The molecule has 3 heteroatoms. The molecule has 1 aliphatic rings. The number of piperazine rings is 1. The standard InChI is InChI=1S/C15H32N2O/c1-11(2)7-14-9-17(13(5)8-16-14)15(10-18-6)12(3)4/h11-16H,7-10H2,1-6H3. The van der Waals surface area contributed by atoms with Gasteiger partial charge in [-0.3, -0.25) is 4.90 Å². The molecule has 0 aliphatic carbocycles. The predicted molar refractivity (Wildman–Crippen MR) is 77.9 cm³/mol. The molecular weight excluding hydrogens is 224 g/mol. The first-order valence-corrected chi connectivity index (χ1v) is 7.43. The van der Waals surface area contributed by atoms with Gasteiger partial charge in [-0.05, 0) is 25.2 Å². The summed E-state index contributed by atoms with van der Waals surface area (Å²) in [5.41, 5.74) is 0. The van der Waals surface area contributed by atoms with Crippen molar-refractivity contribution in [1.82, 2.24) is 10.2 Å². The first kappa shape index (κ1) is 15.9. The van der Waals surface area contributed by atoms with Crippen molar-refractivity contribution in [2.75, 3.05) is 26.8 Å². The molecule has 1 aliphatic heterocycles. The average molecular weight is 256 g/mol. The van der Waals surface area contributed by atoms with Crippen molar-refractivity contribution in [3.8, 4) is 0 Å². The van der Waals surface area contributed by atoms with E-state index >= 15 is 0 Å². The third-order valence-electron chi connectivity index (χ3n) is 3.99. The number of nitrogens with one attached hydrogen (secondary N) is 1. The molecule has 1 saturated heterocycles. The number of rotatable bonds is 6. The smallest absolute Gasteiger partial charge is 0.0620 e. The van der Waals surface area contributed by atoms with Crippen LogP contribution in [0.5, 0.6) is 0 Å². The van der Waals surface area contributed by atoms with Gasteiger partial charge in [-0.25, -0.2) is 0 Å². The van der Waals surface area contributed by atoms with Gasteiger partial charge in [-0.1, -0.05) is 27.7 Å². The topological polar surface area (TPSA) is 24.5 Å². The molecule has 0 aromatic carbocycles. The second-order valence-electron chi connectivity index (χ2n) is 6.55. The molecule has 3 nitrogen and oxygen atoms in total. The molecule has 1 heterocycles. The minimum absolute atomic E-state index is 0.543. The molecule has 1 rings (SSSR count). The Morgan fingerprint density at radius 1 is 1.28 bits per heavy atom. The van der Waals surface area contributed by atoms with Crippen LogP contribution in [0.15, 0.2) is 0 Å². The van der Waals surface area contributed by atoms with E-state index in [1.165, 1.54) is 6.42 Å². The Morgan fingerprint density at radius 2 is 1.94 bits per heavy atom. The Hall–Kier alpha value is -0.120. The first-order valence-electron chi connectivity index (χ1n) is 7.43. The summed E-state index contributed by atoms with van der Waals surface area (Å²) in [5, 5.41) is 3.68. The van der Waals surface area contributed by atoms with Crippen LogP contribution in [0.2, 0.25) is 0 Å². The summed E-state index contributed by atoms with van der Waals surface area (Å²) in [6.07, 6.45) is 1.26. The maximum Gasteiger partial charge on any atom is 0.0620 e. The molecule has 1 N–H and O–H groups in total. The second-order valence-corrected chi connectivity index (χ2v) is 6.55. The lowest BCUT2D eigenvalue weighted by Crippen LogP contribution is -2.60. The Bertz CT molecular complexity index is 231. The highest BCUT2D eigenvalue weighted by Gasteiger charge is 2.31. The number of nitrogens with zero attached hydrogens (tertiary/aromatic N) is 1. The maximum absolute atomic E-state index is 5.42. The van der Waals surface area contributed by atoms with E-state index in [1.807, 2.05) is 7.11 Å². The molecule has 0 radical (unpaired) electrons. The van der Waals surface area contributed by atoms with Crippen LogP contribution in [0.25, 0.3) is 0 Å². The van der Waals surface area contributed by atoms with Crippen LogP contribution in [-0.2, 0) is 4.74 Å². The molecule has 0 aromatic rings. The van der Waals surface area contributed by atoms with Gasteiger partial charge in [0.2, 0.25) is 0 Å². The fraction of sp³-hybridized carbons (Fsp3) is 1.00. The summed E-state index contributed by atoms with van der Waals surface area (Å²) < 4.78 is 5.42. The Balaban J connectivity index is 2.64. The zero-order valence-corrected chi connectivity index (χ0v) is 13.1. The van der Waals surface area contributed by atoms with Crippen LogP contribution in [0.3, 0.4) is 0 Å². The van der Waals surface area contributed by atoms with Gasteiger partial charge in [0.25, 0.3) is 0 Å². The third-order valence-corrected chi connectivity index (χ3v) is 3.99. The molecule has 1 fully saturated rings. The molecule has 3 unspecified atom stereocenters. The van der Waals surface area contributed by atoms with E-state index < -0.39 is 0 Å². The van der Waals surface area contributed by atoms with E-state index in [-0.39, 0.29) is 0 Å². The van der Waals surface area contributed by atoms with Crippen LogP contribution in [-0.4, -0.2) is 49.8 Å². The van der Waals surface area contributed by atoms with Crippen LogP contribution in [0.1, 0.15) is 41.0 Å². The molecule has 0 saturated carbocycles. The summed E-state index contributed by atoms with van der Waals surface area (Å²) in [4.78, 5) is 2.65. The van der Waals surface area contributed by atoms with Gasteiger partial charge in [-0.15, -0.1) is 0 Å². The van der Waals surface area contributed by atoms with E-state index in [1.54, 1.807) is 0 Å². The number of methoxy groups -OCH3 is 1. The zero-order valence-electron chi connectivity index (χ0n) is 13.1. The number of ether oxygens (including phenoxy) is 1. The van der Waals surface area contributed by atoms with Gasteiger partial charge < -0.3 is 10.1 Å². The van der Waals surface area contributed by atoms with Crippen LogP contribution < -0.4 is 5.32 Å². The summed E-state index contributed by atoms with van der Waals surface area (Å²) in [5.74, 6) is 1.41. The van der Waals surface area contributed by atoms with Crippen molar-refractivity contribution < 1.29 is 4.74 Å². The van der Waals surface area contributed by atoms with E-state index in [0.717, 1.165) is 25.6 Å². The van der Waals surface area contributed by atoms with Crippen molar-refractivity contribution in [1.29, 1.82) is 0 Å². The fourth-order valence-corrected chi connectivity index (χ4v) is 2.98. The normalized spacial score (nSPS) is 28.0. The number of hydrogen-bond acceptors (Lipinski definition) is 3. The molecule has 108 valence electrons. The summed E-state index contributed by atoms with van der Waals surface area (Å²) in [7, 11) is 1.81. The maximum atomic E-state index is 5.42. The molecule has 18 heavy (non-hydrogen) atoms. The van der Waals surface area contributed by atoms with Crippen molar-refractivity contribution in [3.63, 3.8) is 0 Å². The van der Waals surface area contributed by atoms with Gasteiger partial charge in [0, 0.05) is 38.3 Å². The Morgan fingerprint density at radius 3 is 2.44 bits per heavy atom. The average Bonchev–Trinajstić information content (AvgIpc) is 2.28. The van der Waals surface area contributed by atoms with Crippen molar-refractivity contribution in [3.05, 3.63) is 0 Å². The van der Waals surface area contributed by atoms with E-state index in [0.29, 0.717) is 24.0 Å². The zero-order chi connectivity index (χ0) is 13.7.